The van der Waals surface area contributed by atoms with E-state index in [1.165, 1.54) is 0 Å². The Morgan fingerprint density at radius 2 is 2.20 bits per heavy atom. The van der Waals surface area contributed by atoms with E-state index in [0.29, 0.717) is 16.5 Å². The zero-order valence-corrected chi connectivity index (χ0v) is 10.6. The van der Waals surface area contributed by atoms with Crippen LogP contribution in [0.1, 0.15) is 30.6 Å². The number of carbonyl (C=O) groups excluding carboxylic acids is 1. The fourth-order valence-corrected chi connectivity index (χ4v) is 2.79. The molecule has 3 heteroatoms. The Kier molecular flexibility index (Phi) is 5.20. The summed E-state index contributed by atoms with van der Waals surface area (Å²) in [5.41, 5.74) is 0.691. The predicted molar refractivity (Wildman–Crippen MR) is 67.0 cm³/mol. The molecule has 0 bridgehead atoms. The van der Waals surface area contributed by atoms with E-state index in [1.807, 2.05) is 6.07 Å². The molecule has 0 spiro atoms. The summed E-state index contributed by atoms with van der Waals surface area (Å²) >= 11 is 7.71. The highest BCUT2D eigenvalue weighted by Gasteiger charge is 2.06. The Morgan fingerprint density at radius 1 is 1.47 bits per heavy atom. The summed E-state index contributed by atoms with van der Waals surface area (Å²) in [6.45, 7) is 4.38. The molecule has 15 heavy (non-hydrogen) atoms. The first-order valence-corrected chi connectivity index (χ1v) is 6.38. The molecular weight excluding hydrogens is 228 g/mol. The van der Waals surface area contributed by atoms with E-state index < -0.39 is 0 Å². The van der Waals surface area contributed by atoms with Gasteiger partial charge >= 0.3 is 0 Å². The first-order chi connectivity index (χ1) is 7.15. The summed E-state index contributed by atoms with van der Waals surface area (Å²) in [4.78, 5) is 11.7. The van der Waals surface area contributed by atoms with Crippen LogP contribution in [0.5, 0.6) is 0 Å². The van der Waals surface area contributed by atoms with Gasteiger partial charge in [0.25, 0.3) is 0 Å². The summed E-state index contributed by atoms with van der Waals surface area (Å²) < 4.78 is 0. The van der Waals surface area contributed by atoms with Crippen LogP contribution in [-0.2, 0) is 0 Å². The highest BCUT2D eigenvalue weighted by molar-refractivity contribution is 7.99. The van der Waals surface area contributed by atoms with Crippen LogP contribution in [0.25, 0.3) is 0 Å². The average Bonchev–Trinajstić information content (AvgIpc) is 2.20. The van der Waals surface area contributed by atoms with Crippen molar-refractivity contribution < 1.29 is 4.79 Å². The lowest BCUT2D eigenvalue weighted by atomic mass is 10.2. The quantitative estimate of drug-likeness (QED) is 0.566. The van der Waals surface area contributed by atoms with Crippen LogP contribution < -0.4 is 0 Å². The topological polar surface area (TPSA) is 17.1 Å². The maximum absolute atomic E-state index is 10.8. The first kappa shape index (κ1) is 12.6. The van der Waals surface area contributed by atoms with Crippen molar-refractivity contribution in [3.63, 3.8) is 0 Å². The van der Waals surface area contributed by atoms with Crippen LogP contribution in [0.4, 0.5) is 0 Å². The van der Waals surface area contributed by atoms with Crippen LogP contribution in [0.15, 0.2) is 23.1 Å². The van der Waals surface area contributed by atoms with Crippen molar-refractivity contribution in [2.45, 2.75) is 25.2 Å². The number of rotatable bonds is 5. The number of hydrogen-bond acceptors (Lipinski definition) is 2. The fourth-order valence-electron chi connectivity index (χ4n) is 1.17. The van der Waals surface area contributed by atoms with Crippen LogP contribution in [0.2, 0.25) is 5.02 Å². The monoisotopic (exact) mass is 242 g/mol. The van der Waals surface area contributed by atoms with Gasteiger partial charge in [-0.1, -0.05) is 37.6 Å². The Labute approximate surface area is 100 Å². The van der Waals surface area contributed by atoms with E-state index in [4.69, 9.17) is 11.6 Å². The Morgan fingerprint density at radius 3 is 2.80 bits per heavy atom. The zero-order valence-electron chi connectivity index (χ0n) is 9.00. The molecule has 0 fully saturated rings. The van der Waals surface area contributed by atoms with E-state index in [0.717, 1.165) is 23.4 Å². The standard InChI is InChI=1S/C12H15ClOS/c1-9(2)6-7-15-12-10(8-14)4-3-5-11(12)13/h3-5,8-9H,6-7H2,1-2H3. The molecule has 0 radical (unpaired) electrons. The van der Waals surface area contributed by atoms with E-state index >= 15 is 0 Å². The van der Waals surface area contributed by atoms with Crippen LogP contribution in [0, 0.1) is 5.92 Å². The molecule has 0 heterocycles. The molecule has 1 rings (SSSR count). The molecule has 0 aliphatic heterocycles. The molecule has 1 nitrogen and oxygen atoms in total. The number of hydrogen-bond donors (Lipinski definition) is 0. The molecule has 0 saturated carbocycles. The minimum Gasteiger partial charge on any atom is -0.298 e. The Bertz CT molecular complexity index is 336. The summed E-state index contributed by atoms with van der Waals surface area (Å²) in [7, 11) is 0. The second-order valence-electron chi connectivity index (χ2n) is 3.81. The summed E-state index contributed by atoms with van der Waals surface area (Å²) in [5.74, 6) is 1.68. The Hall–Kier alpha value is -0.470. The molecule has 0 aromatic heterocycles. The van der Waals surface area contributed by atoms with Crippen molar-refractivity contribution >= 4 is 29.6 Å². The van der Waals surface area contributed by atoms with Gasteiger partial charge in [0.05, 0.1) is 5.02 Å². The lowest BCUT2D eigenvalue weighted by Crippen LogP contribution is -1.92. The van der Waals surface area contributed by atoms with Gasteiger partial charge < -0.3 is 0 Å². The minimum absolute atomic E-state index is 0.674. The number of halogens is 1. The predicted octanol–water partition coefficient (Wildman–Crippen LogP) is 4.29. The third kappa shape index (κ3) is 3.88. The van der Waals surface area contributed by atoms with Crippen molar-refractivity contribution in [3.05, 3.63) is 28.8 Å². The maximum Gasteiger partial charge on any atom is 0.151 e. The van der Waals surface area contributed by atoms with E-state index in [1.54, 1.807) is 23.9 Å². The molecule has 0 aliphatic rings. The van der Waals surface area contributed by atoms with Gasteiger partial charge in [0.15, 0.2) is 6.29 Å². The lowest BCUT2D eigenvalue weighted by Gasteiger charge is -2.08. The van der Waals surface area contributed by atoms with Gasteiger partial charge in [-0.05, 0) is 24.2 Å². The molecule has 1 aromatic carbocycles. The zero-order chi connectivity index (χ0) is 11.3. The highest BCUT2D eigenvalue weighted by Crippen LogP contribution is 2.30. The smallest absolute Gasteiger partial charge is 0.151 e. The fraction of sp³-hybridized carbons (Fsp3) is 0.417. The van der Waals surface area contributed by atoms with Crippen molar-refractivity contribution in [2.75, 3.05) is 5.75 Å². The summed E-state index contributed by atoms with van der Waals surface area (Å²) in [6, 6.07) is 5.43. The summed E-state index contributed by atoms with van der Waals surface area (Å²) in [6.07, 6.45) is 2.00. The number of aldehydes is 1. The van der Waals surface area contributed by atoms with Gasteiger partial charge in [0.1, 0.15) is 0 Å². The second-order valence-corrected chi connectivity index (χ2v) is 5.32. The maximum atomic E-state index is 10.8. The molecule has 0 saturated heterocycles. The minimum atomic E-state index is 0.674. The van der Waals surface area contributed by atoms with E-state index in [-0.39, 0.29) is 0 Å². The van der Waals surface area contributed by atoms with Gasteiger partial charge in [0, 0.05) is 10.5 Å². The van der Waals surface area contributed by atoms with Crippen LogP contribution in [0.3, 0.4) is 0 Å². The molecular formula is C12H15ClOS. The van der Waals surface area contributed by atoms with Crippen molar-refractivity contribution in [3.8, 4) is 0 Å². The molecule has 0 unspecified atom stereocenters. The second kappa shape index (κ2) is 6.19. The third-order valence-corrected chi connectivity index (χ3v) is 3.68. The number of carbonyl (C=O) groups is 1. The van der Waals surface area contributed by atoms with Crippen molar-refractivity contribution in [1.29, 1.82) is 0 Å². The van der Waals surface area contributed by atoms with Crippen LogP contribution >= 0.6 is 23.4 Å². The number of thioether (sulfide) groups is 1. The van der Waals surface area contributed by atoms with Gasteiger partial charge in [-0.2, -0.15) is 0 Å². The number of benzene rings is 1. The van der Waals surface area contributed by atoms with Crippen molar-refractivity contribution in [2.24, 2.45) is 5.92 Å². The molecule has 1 aromatic rings. The normalized spacial score (nSPS) is 10.7. The Balaban J connectivity index is 2.70. The SMILES string of the molecule is CC(C)CCSc1c(Cl)cccc1C=O. The molecule has 0 N–H and O–H groups in total. The third-order valence-electron chi connectivity index (χ3n) is 2.07. The highest BCUT2D eigenvalue weighted by atomic mass is 35.5. The molecule has 0 amide bonds. The van der Waals surface area contributed by atoms with Gasteiger partial charge in [-0.3, -0.25) is 4.79 Å². The lowest BCUT2D eigenvalue weighted by molar-refractivity contribution is 0.112. The first-order valence-electron chi connectivity index (χ1n) is 5.01. The summed E-state index contributed by atoms with van der Waals surface area (Å²) in [5, 5.41) is 0.674. The van der Waals surface area contributed by atoms with Crippen molar-refractivity contribution in [1.82, 2.24) is 0 Å². The van der Waals surface area contributed by atoms with Crippen LogP contribution in [-0.4, -0.2) is 12.0 Å². The van der Waals surface area contributed by atoms with E-state index in [2.05, 4.69) is 13.8 Å². The largest absolute Gasteiger partial charge is 0.298 e. The van der Waals surface area contributed by atoms with Gasteiger partial charge in [-0.25, -0.2) is 0 Å². The molecule has 82 valence electrons. The molecule has 0 aliphatic carbocycles. The van der Waals surface area contributed by atoms with Gasteiger partial charge in [0.2, 0.25) is 0 Å². The average molecular weight is 243 g/mol. The van der Waals surface area contributed by atoms with Gasteiger partial charge in [-0.15, -0.1) is 11.8 Å². The molecule has 0 atom stereocenters. The van der Waals surface area contributed by atoms with E-state index in [9.17, 15) is 4.79 Å².